The van der Waals surface area contributed by atoms with E-state index in [1.54, 1.807) is 0 Å². The summed E-state index contributed by atoms with van der Waals surface area (Å²) in [6.45, 7) is 6.43. The Morgan fingerprint density at radius 3 is 2.54 bits per heavy atom. The van der Waals surface area contributed by atoms with Crippen molar-refractivity contribution in [2.75, 3.05) is 26.3 Å². The molecule has 2 saturated heterocycles. The first-order valence-electron chi connectivity index (χ1n) is 10.7. The lowest BCUT2D eigenvalue weighted by Crippen LogP contribution is -2.43. The summed E-state index contributed by atoms with van der Waals surface area (Å²) in [5.74, 6) is 2.29. The summed E-state index contributed by atoms with van der Waals surface area (Å²) < 4.78 is 7.74. The van der Waals surface area contributed by atoms with Crippen molar-refractivity contribution in [3.05, 3.63) is 42.2 Å². The number of nitrogens with zero attached hydrogens (tertiary/aromatic N) is 3. The minimum absolute atomic E-state index is 0.187. The highest BCUT2D eigenvalue weighted by atomic mass is 16.5. The first-order chi connectivity index (χ1) is 13.7. The highest BCUT2D eigenvalue weighted by Crippen LogP contribution is 2.26. The molecule has 2 aromatic rings. The predicted octanol–water partition coefficient (Wildman–Crippen LogP) is 3.91. The summed E-state index contributed by atoms with van der Waals surface area (Å²) in [6.07, 6.45) is 7.13. The van der Waals surface area contributed by atoms with E-state index in [-0.39, 0.29) is 5.92 Å². The van der Waals surface area contributed by atoms with Gasteiger partial charge in [-0.25, -0.2) is 4.98 Å². The smallest absolute Gasteiger partial charge is 0.225 e. The second-order valence-corrected chi connectivity index (χ2v) is 8.18. The van der Waals surface area contributed by atoms with Gasteiger partial charge in [0, 0.05) is 56.2 Å². The van der Waals surface area contributed by atoms with Crippen molar-refractivity contribution in [3.63, 3.8) is 0 Å². The highest BCUT2D eigenvalue weighted by molar-refractivity contribution is 5.79. The third kappa shape index (κ3) is 4.30. The van der Waals surface area contributed by atoms with E-state index in [4.69, 9.17) is 4.74 Å². The molecule has 0 unspecified atom stereocenters. The van der Waals surface area contributed by atoms with Crippen molar-refractivity contribution in [2.24, 2.45) is 11.8 Å². The predicted molar refractivity (Wildman–Crippen MR) is 110 cm³/mol. The molecule has 4 rings (SSSR count). The van der Waals surface area contributed by atoms with Crippen LogP contribution in [-0.4, -0.2) is 46.7 Å². The van der Waals surface area contributed by atoms with Gasteiger partial charge in [-0.3, -0.25) is 4.79 Å². The molecule has 3 heterocycles. The molecule has 0 radical (unpaired) electrons. The lowest BCUT2D eigenvalue weighted by Gasteiger charge is -2.35. The number of carbonyl (C=O) groups excluding carboxylic acids is 1. The van der Waals surface area contributed by atoms with Crippen molar-refractivity contribution in [3.8, 4) is 11.4 Å². The van der Waals surface area contributed by atoms with E-state index in [9.17, 15) is 4.79 Å². The normalized spacial score (nSPS) is 19.1. The number of benzene rings is 1. The number of piperidine rings is 1. The maximum Gasteiger partial charge on any atom is 0.225 e. The Labute approximate surface area is 167 Å². The fourth-order valence-corrected chi connectivity index (χ4v) is 4.52. The van der Waals surface area contributed by atoms with Crippen LogP contribution in [0.2, 0.25) is 0 Å². The van der Waals surface area contributed by atoms with E-state index >= 15 is 0 Å². The number of aryl methyl sites for hydroxylation is 1. The third-order valence-corrected chi connectivity index (χ3v) is 6.34. The average Bonchev–Trinajstić information content (AvgIpc) is 3.13. The van der Waals surface area contributed by atoms with Crippen molar-refractivity contribution in [2.45, 2.75) is 45.6 Å². The molecule has 0 atom stereocenters. The monoisotopic (exact) mass is 381 g/mol. The summed E-state index contributed by atoms with van der Waals surface area (Å²) in [6, 6.07) is 10.4. The number of hydrogen-bond donors (Lipinski definition) is 0. The molecule has 5 heteroatoms. The summed E-state index contributed by atoms with van der Waals surface area (Å²) >= 11 is 0. The summed E-state index contributed by atoms with van der Waals surface area (Å²) in [4.78, 5) is 19.4. The maximum atomic E-state index is 12.7. The van der Waals surface area contributed by atoms with Gasteiger partial charge in [0.05, 0.1) is 0 Å². The minimum atomic E-state index is 0.187. The molecular formula is C23H31N3O2. The molecule has 2 aliphatic rings. The molecule has 1 aromatic heterocycles. The van der Waals surface area contributed by atoms with Crippen molar-refractivity contribution in [1.82, 2.24) is 14.5 Å². The zero-order valence-corrected chi connectivity index (χ0v) is 16.8. The van der Waals surface area contributed by atoms with Gasteiger partial charge in [0.2, 0.25) is 5.91 Å². The van der Waals surface area contributed by atoms with E-state index in [0.29, 0.717) is 11.8 Å². The molecule has 5 nitrogen and oxygen atoms in total. The van der Waals surface area contributed by atoms with E-state index in [1.807, 2.05) is 12.3 Å². The van der Waals surface area contributed by atoms with Gasteiger partial charge in [-0.05, 0) is 44.9 Å². The SMILES string of the molecule is Cc1cnc(-c2ccccc2)n1CCC1CCN(C(=O)C2CCOCC2)CC1. The van der Waals surface area contributed by atoms with Crippen LogP contribution in [-0.2, 0) is 16.1 Å². The largest absolute Gasteiger partial charge is 0.381 e. The summed E-state index contributed by atoms with van der Waals surface area (Å²) in [5.41, 5.74) is 2.39. The van der Waals surface area contributed by atoms with Gasteiger partial charge in [0.1, 0.15) is 5.82 Å². The fraction of sp³-hybridized carbons (Fsp3) is 0.565. The number of carbonyl (C=O) groups is 1. The Bertz CT molecular complexity index is 772. The molecule has 2 fully saturated rings. The van der Waals surface area contributed by atoms with Crippen molar-refractivity contribution in [1.29, 1.82) is 0 Å². The highest BCUT2D eigenvalue weighted by Gasteiger charge is 2.29. The van der Waals surface area contributed by atoms with Crippen molar-refractivity contribution >= 4 is 5.91 Å². The molecule has 1 amide bonds. The molecule has 0 N–H and O–H groups in total. The zero-order valence-electron chi connectivity index (χ0n) is 16.8. The number of likely N-dealkylation sites (tertiary alicyclic amines) is 1. The van der Waals surface area contributed by atoms with Gasteiger partial charge in [-0.15, -0.1) is 0 Å². The fourth-order valence-electron chi connectivity index (χ4n) is 4.52. The van der Waals surface area contributed by atoms with Gasteiger partial charge in [-0.1, -0.05) is 30.3 Å². The lowest BCUT2D eigenvalue weighted by molar-refractivity contribution is -0.140. The Kier molecular flexibility index (Phi) is 6.10. The van der Waals surface area contributed by atoms with Crippen LogP contribution in [0.15, 0.2) is 36.5 Å². The van der Waals surface area contributed by atoms with E-state index in [1.165, 1.54) is 11.3 Å². The minimum Gasteiger partial charge on any atom is -0.381 e. The van der Waals surface area contributed by atoms with Crippen LogP contribution < -0.4 is 0 Å². The quantitative estimate of drug-likeness (QED) is 0.789. The first-order valence-corrected chi connectivity index (χ1v) is 10.7. The standard InChI is InChI=1S/C23H31N3O2/c1-18-17-24-22(20-5-3-2-4-6-20)26(18)14-9-19-7-12-25(13-8-19)23(27)21-10-15-28-16-11-21/h2-6,17,19,21H,7-16H2,1H3. The molecule has 150 valence electrons. The van der Waals surface area contributed by atoms with Crippen LogP contribution in [0.1, 0.15) is 37.8 Å². The summed E-state index contributed by atoms with van der Waals surface area (Å²) in [7, 11) is 0. The number of amides is 1. The van der Waals surface area contributed by atoms with Gasteiger partial charge < -0.3 is 14.2 Å². The van der Waals surface area contributed by atoms with E-state index in [0.717, 1.165) is 70.8 Å². The lowest BCUT2D eigenvalue weighted by atomic mass is 9.91. The van der Waals surface area contributed by atoms with E-state index in [2.05, 4.69) is 45.6 Å². The number of ether oxygens (including phenoxy) is 1. The molecule has 0 aliphatic carbocycles. The molecule has 2 aliphatic heterocycles. The van der Waals surface area contributed by atoms with E-state index < -0.39 is 0 Å². The topological polar surface area (TPSA) is 47.4 Å². The molecule has 0 bridgehead atoms. The molecule has 28 heavy (non-hydrogen) atoms. The zero-order chi connectivity index (χ0) is 19.3. The number of imidazole rings is 1. The van der Waals surface area contributed by atoms with Gasteiger partial charge >= 0.3 is 0 Å². The number of aromatic nitrogens is 2. The second-order valence-electron chi connectivity index (χ2n) is 8.18. The second kappa shape index (κ2) is 8.91. The Hall–Kier alpha value is -2.14. The van der Waals surface area contributed by atoms with Gasteiger partial charge in [0.15, 0.2) is 0 Å². The average molecular weight is 382 g/mol. The number of hydrogen-bond acceptors (Lipinski definition) is 3. The van der Waals surface area contributed by atoms with Gasteiger partial charge in [-0.2, -0.15) is 0 Å². The molecular weight excluding hydrogens is 350 g/mol. The first kappa shape index (κ1) is 19.2. The molecule has 0 spiro atoms. The van der Waals surface area contributed by atoms with Crippen LogP contribution >= 0.6 is 0 Å². The molecule has 0 saturated carbocycles. The maximum absolute atomic E-state index is 12.7. The van der Waals surface area contributed by atoms with Crippen LogP contribution in [0.3, 0.4) is 0 Å². The van der Waals surface area contributed by atoms with Crippen LogP contribution in [0.25, 0.3) is 11.4 Å². The van der Waals surface area contributed by atoms with Crippen LogP contribution in [0, 0.1) is 18.8 Å². The summed E-state index contributed by atoms with van der Waals surface area (Å²) in [5, 5.41) is 0. The Balaban J connectivity index is 1.30. The number of rotatable bonds is 5. The van der Waals surface area contributed by atoms with Crippen LogP contribution in [0.5, 0.6) is 0 Å². The Morgan fingerprint density at radius 1 is 1.11 bits per heavy atom. The van der Waals surface area contributed by atoms with Crippen LogP contribution in [0.4, 0.5) is 0 Å². The van der Waals surface area contributed by atoms with Gasteiger partial charge in [0.25, 0.3) is 0 Å². The molecule has 1 aromatic carbocycles. The third-order valence-electron chi connectivity index (χ3n) is 6.34. The van der Waals surface area contributed by atoms with Crippen molar-refractivity contribution < 1.29 is 9.53 Å². The Morgan fingerprint density at radius 2 is 1.82 bits per heavy atom.